The van der Waals surface area contributed by atoms with Crippen molar-refractivity contribution in [2.45, 2.75) is 6.92 Å². The van der Waals surface area contributed by atoms with Crippen LogP contribution in [0.3, 0.4) is 0 Å². The number of hydrazone groups is 1. The van der Waals surface area contributed by atoms with Gasteiger partial charge < -0.3 is 14.8 Å². The molecule has 0 aliphatic rings. The van der Waals surface area contributed by atoms with Gasteiger partial charge in [-0.1, -0.05) is 18.2 Å². The summed E-state index contributed by atoms with van der Waals surface area (Å²) in [4.78, 5) is 36.1. The Bertz CT molecular complexity index is 1140. The van der Waals surface area contributed by atoms with Crippen molar-refractivity contribution in [3.05, 3.63) is 89.5 Å². The van der Waals surface area contributed by atoms with E-state index in [1.807, 2.05) is 19.1 Å². The zero-order valence-electron chi connectivity index (χ0n) is 17.5. The van der Waals surface area contributed by atoms with E-state index in [2.05, 4.69) is 15.8 Å². The van der Waals surface area contributed by atoms with E-state index in [1.165, 1.54) is 13.3 Å². The number of esters is 1. The molecule has 0 bridgehead atoms. The molecule has 32 heavy (non-hydrogen) atoms. The molecular formula is C24H21N3O5. The summed E-state index contributed by atoms with van der Waals surface area (Å²) in [7, 11) is 1.53. The topological polar surface area (TPSA) is 106 Å². The Kier molecular flexibility index (Phi) is 7.32. The largest absolute Gasteiger partial charge is 0.497 e. The molecule has 162 valence electrons. The lowest BCUT2D eigenvalue weighted by Gasteiger charge is -2.06. The van der Waals surface area contributed by atoms with E-state index in [0.717, 1.165) is 5.56 Å². The maximum Gasteiger partial charge on any atom is 0.343 e. The average Bonchev–Trinajstić information content (AvgIpc) is 2.80. The molecule has 3 rings (SSSR count). The predicted molar refractivity (Wildman–Crippen MR) is 120 cm³/mol. The molecule has 0 fully saturated rings. The summed E-state index contributed by atoms with van der Waals surface area (Å²) < 4.78 is 10.4. The molecule has 0 unspecified atom stereocenters. The second-order valence-electron chi connectivity index (χ2n) is 6.66. The van der Waals surface area contributed by atoms with Gasteiger partial charge in [0.2, 0.25) is 0 Å². The first-order chi connectivity index (χ1) is 15.5. The molecule has 0 radical (unpaired) electrons. The summed E-state index contributed by atoms with van der Waals surface area (Å²) in [6, 6.07) is 20.2. The fourth-order valence-corrected chi connectivity index (χ4v) is 2.66. The van der Waals surface area contributed by atoms with Crippen LogP contribution < -0.4 is 20.2 Å². The Morgan fingerprint density at radius 3 is 2.16 bits per heavy atom. The summed E-state index contributed by atoms with van der Waals surface area (Å²) in [5, 5.41) is 6.22. The average molecular weight is 431 g/mol. The van der Waals surface area contributed by atoms with Crippen LogP contribution in [0.25, 0.3) is 0 Å². The van der Waals surface area contributed by atoms with E-state index < -0.39 is 17.8 Å². The van der Waals surface area contributed by atoms with Gasteiger partial charge in [-0.05, 0) is 72.6 Å². The van der Waals surface area contributed by atoms with E-state index in [4.69, 9.17) is 9.47 Å². The number of benzene rings is 3. The van der Waals surface area contributed by atoms with Crippen LogP contribution in [0.1, 0.15) is 21.5 Å². The highest BCUT2D eigenvalue weighted by Crippen LogP contribution is 2.16. The van der Waals surface area contributed by atoms with E-state index in [9.17, 15) is 14.4 Å². The number of hydrogen-bond acceptors (Lipinski definition) is 6. The van der Waals surface area contributed by atoms with Gasteiger partial charge >= 0.3 is 17.8 Å². The second-order valence-corrected chi connectivity index (χ2v) is 6.66. The van der Waals surface area contributed by atoms with Crippen LogP contribution in [-0.4, -0.2) is 31.1 Å². The number of aryl methyl sites for hydroxylation is 1. The Labute approximate surface area is 184 Å². The maximum atomic E-state index is 12.3. The fraction of sp³-hybridized carbons (Fsp3) is 0.0833. The molecule has 8 nitrogen and oxygen atoms in total. The number of methoxy groups -OCH3 is 1. The number of ether oxygens (including phenoxy) is 2. The van der Waals surface area contributed by atoms with Crippen molar-refractivity contribution in [1.82, 2.24) is 5.43 Å². The third kappa shape index (κ3) is 6.02. The summed E-state index contributed by atoms with van der Waals surface area (Å²) in [6.45, 7) is 1.84. The highest BCUT2D eigenvalue weighted by Gasteiger charge is 2.13. The monoisotopic (exact) mass is 431 g/mol. The first-order valence-electron chi connectivity index (χ1n) is 9.62. The molecular weight excluding hydrogens is 410 g/mol. The number of nitrogens with zero attached hydrogens (tertiary/aromatic N) is 1. The number of anilines is 1. The van der Waals surface area contributed by atoms with Gasteiger partial charge in [-0.15, -0.1) is 0 Å². The summed E-state index contributed by atoms with van der Waals surface area (Å²) in [6.07, 6.45) is 1.37. The van der Waals surface area contributed by atoms with Crippen molar-refractivity contribution < 1.29 is 23.9 Å². The van der Waals surface area contributed by atoms with Crippen LogP contribution in [0.5, 0.6) is 11.5 Å². The quantitative estimate of drug-likeness (QED) is 0.205. The summed E-state index contributed by atoms with van der Waals surface area (Å²) in [5.74, 6) is -1.21. The molecule has 8 heteroatoms. The number of carbonyl (C=O) groups excluding carboxylic acids is 3. The van der Waals surface area contributed by atoms with Gasteiger partial charge in [0.25, 0.3) is 0 Å². The van der Waals surface area contributed by atoms with Gasteiger partial charge in [-0.2, -0.15) is 5.10 Å². The van der Waals surface area contributed by atoms with Crippen molar-refractivity contribution in [2.24, 2.45) is 5.10 Å². The predicted octanol–water partition coefficient (Wildman–Crippen LogP) is 3.31. The zero-order chi connectivity index (χ0) is 22.9. The van der Waals surface area contributed by atoms with Gasteiger partial charge in [0.05, 0.1) is 18.9 Å². The van der Waals surface area contributed by atoms with Crippen molar-refractivity contribution in [1.29, 1.82) is 0 Å². The van der Waals surface area contributed by atoms with Gasteiger partial charge in [0.1, 0.15) is 11.5 Å². The molecule has 0 aromatic heterocycles. The normalized spacial score (nSPS) is 10.4. The minimum Gasteiger partial charge on any atom is -0.497 e. The van der Waals surface area contributed by atoms with Crippen LogP contribution in [0.2, 0.25) is 0 Å². The number of nitrogens with one attached hydrogen (secondary N) is 2. The van der Waals surface area contributed by atoms with Crippen LogP contribution in [-0.2, 0) is 9.59 Å². The van der Waals surface area contributed by atoms with Crippen molar-refractivity contribution in [3.8, 4) is 11.5 Å². The van der Waals surface area contributed by atoms with Crippen LogP contribution in [0.15, 0.2) is 77.9 Å². The molecule has 0 aliphatic heterocycles. The Hall–Kier alpha value is -4.46. The van der Waals surface area contributed by atoms with Gasteiger partial charge in [0, 0.05) is 5.69 Å². The fourth-order valence-electron chi connectivity index (χ4n) is 2.66. The Morgan fingerprint density at radius 1 is 0.844 bits per heavy atom. The van der Waals surface area contributed by atoms with Crippen LogP contribution in [0.4, 0.5) is 5.69 Å². The molecule has 3 aromatic rings. The molecule has 0 aliphatic carbocycles. The number of rotatable bonds is 6. The lowest BCUT2D eigenvalue weighted by atomic mass is 10.1. The summed E-state index contributed by atoms with van der Waals surface area (Å²) in [5.41, 5.74) is 4.56. The minimum atomic E-state index is -0.916. The second kappa shape index (κ2) is 10.5. The number of amides is 2. The Balaban J connectivity index is 1.50. The maximum absolute atomic E-state index is 12.3. The number of hydrogen-bond donors (Lipinski definition) is 2. The third-order valence-corrected chi connectivity index (χ3v) is 4.39. The molecule has 0 saturated heterocycles. The first-order valence-corrected chi connectivity index (χ1v) is 9.62. The minimum absolute atomic E-state index is 0.373. The van der Waals surface area contributed by atoms with Gasteiger partial charge in [-0.3, -0.25) is 9.59 Å². The first kappa shape index (κ1) is 22.2. The smallest absolute Gasteiger partial charge is 0.343 e. The zero-order valence-corrected chi connectivity index (χ0v) is 17.5. The SMILES string of the molecule is COc1ccc(NC(=O)C(=O)NN=Cc2ccc(OC(=O)c3ccccc3C)cc2)cc1. The van der Waals surface area contributed by atoms with E-state index in [-0.39, 0.29) is 0 Å². The number of carbonyl (C=O) groups is 3. The van der Waals surface area contributed by atoms with Crippen molar-refractivity contribution in [3.63, 3.8) is 0 Å². The van der Waals surface area contributed by atoms with E-state index in [0.29, 0.717) is 28.3 Å². The lowest BCUT2D eigenvalue weighted by molar-refractivity contribution is -0.136. The van der Waals surface area contributed by atoms with Crippen molar-refractivity contribution in [2.75, 3.05) is 12.4 Å². The van der Waals surface area contributed by atoms with E-state index >= 15 is 0 Å². The Morgan fingerprint density at radius 2 is 1.50 bits per heavy atom. The van der Waals surface area contributed by atoms with Crippen LogP contribution in [0, 0.1) is 6.92 Å². The molecule has 2 amide bonds. The van der Waals surface area contributed by atoms with Crippen molar-refractivity contribution >= 4 is 29.7 Å². The molecule has 0 saturated carbocycles. The van der Waals surface area contributed by atoms with Gasteiger partial charge in [-0.25, -0.2) is 10.2 Å². The molecule has 0 atom stereocenters. The molecule has 0 spiro atoms. The highest BCUT2D eigenvalue weighted by atomic mass is 16.5. The van der Waals surface area contributed by atoms with Gasteiger partial charge in [0.15, 0.2) is 0 Å². The third-order valence-electron chi connectivity index (χ3n) is 4.39. The molecule has 0 heterocycles. The lowest BCUT2D eigenvalue weighted by Crippen LogP contribution is -2.32. The highest BCUT2D eigenvalue weighted by molar-refractivity contribution is 6.39. The molecule has 3 aromatic carbocycles. The van der Waals surface area contributed by atoms with Crippen LogP contribution >= 0.6 is 0 Å². The summed E-state index contributed by atoms with van der Waals surface area (Å²) >= 11 is 0. The van der Waals surface area contributed by atoms with E-state index in [1.54, 1.807) is 60.7 Å². The standard InChI is InChI=1S/C24H21N3O5/c1-16-5-3-4-6-21(16)24(30)32-20-11-7-17(8-12-20)15-25-27-23(29)22(28)26-18-9-13-19(31-2)14-10-18/h3-15H,1-2H3,(H,26,28)(H,27,29). The molecule has 2 N–H and O–H groups in total.